The Balaban J connectivity index is 1.49. The Morgan fingerprint density at radius 3 is 2.50 bits per heavy atom. The fourth-order valence-corrected chi connectivity index (χ4v) is 3.88. The lowest BCUT2D eigenvalue weighted by Crippen LogP contribution is -2.48. The predicted octanol–water partition coefficient (Wildman–Crippen LogP) is 2.10. The number of fused-ring (bicyclic) bond motifs is 1. The van der Waals surface area contributed by atoms with Crippen LogP contribution in [0.25, 0.3) is 10.9 Å². The number of nitrogens with one attached hydrogen (secondary N) is 1. The summed E-state index contributed by atoms with van der Waals surface area (Å²) in [7, 11) is 0. The largest absolute Gasteiger partial charge is 0.459 e. The molecule has 1 aromatic carbocycles. The van der Waals surface area contributed by atoms with Crippen LogP contribution in [0.1, 0.15) is 30.2 Å². The lowest BCUT2D eigenvalue weighted by molar-refractivity contribution is -0.119. The van der Waals surface area contributed by atoms with Gasteiger partial charge in [-0.3, -0.25) is 14.5 Å². The van der Waals surface area contributed by atoms with Crippen LogP contribution in [-0.4, -0.2) is 63.8 Å². The third-order valence-electron chi connectivity index (χ3n) is 5.67. The number of hydrogen-bond donors (Lipinski definition) is 2. The number of hydrogen-bond acceptors (Lipinski definition) is 7. The van der Waals surface area contributed by atoms with Gasteiger partial charge < -0.3 is 20.4 Å². The number of aromatic nitrogens is 2. The first-order valence-electron chi connectivity index (χ1n) is 10.8. The maximum absolute atomic E-state index is 12.5. The van der Waals surface area contributed by atoms with Crippen LogP contribution < -0.4 is 11.1 Å². The second-order valence-corrected chi connectivity index (χ2v) is 8.32. The summed E-state index contributed by atoms with van der Waals surface area (Å²) in [6.07, 6.45) is 1.51. The Morgan fingerprint density at radius 2 is 1.84 bits per heavy atom. The maximum atomic E-state index is 12.5. The van der Waals surface area contributed by atoms with Crippen LogP contribution in [0.3, 0.4) is 0 Å². The smallest absolute Gasteiger partial charge is 0.289 e. The molecule has 1 saturated heterocycles. The number of carbonyl (C=O) groups excluding carboxylic acids is 2. The molecule has 3 aromatic rings. The van der Waals surface area contributed by atoms with Gasteiger partial charge in [-0.2, -0.15) is 0 Å². The van der Waals surface area contributed by atoms with E-state index in [1.54, 1.807) is 17.0 Å². The molecule has 0 bridgehead atoms. The summed E-state index contributed by atoms with van der Waals surface area (Å²) in [5.41, 5.74) is 6.40. The lowest BCUT2D eigenvalue weighted by atomic mass is 10.0. The molecule has 32 heavy (non-hydrogen) atoms. The number of rotatable bonds is 7. The van der Waals surface area contributed by atoms with Crippen molar-refractivity contribution in [2.45, 2.75) is 26.4 Å². The highest BCUT2D eigenvalue weighted by Crippen LogP contribution is 2.23. The normalized spacial score (nSPS) is 15.8. The summed E-state index contributed by atoms with van der Waals surface area (Å²) < 4.78 is 5.23. The Morgan fingerprint density at radius 1 is 1.09 bits per heavy atom. The lowest BCUT2D eigenvalue weighted by Gasteiger charge is -2.34. The minimum absolute atomic E-state index is 0.0180. The van der Waals surface area contributed by atoms with Crippen LogP contribution in [0.15, 0.2) is 47.1 Å². The van der Waals surface area contributed by atoms with Gasteiger partial charge >= 0.3 is 0 Å². The Bertz CT molecular complexity index is 1090. The Labute approximate surface area is 186 Å². The molecule has 1 aliphatic rings. The van der Waals surface area contributed by atoms with Crippen LogP contribution in [0, 0.1) is 5.92 Å². The summed E-state index contributed by atoms with van der Waals surface area (Å²) in [6, 6.07) is 10.6. The fraction of sp³-hybridized carbons (Fsp3) is 0.391. The van der Waals surface area contributed by atoms with E-state index in [9.17, 15) is 9.59 Å². The number of para-hydroxylation sites is 1. The van der Waals surface area contributed by atoms with E-state index in [2.05, 4.69) is 10.2 Å². The van der Waals surface area contributed by atoms with Crippen molar-refractivity contribution in [3.05, 3.63) is 54.2 Å². The van der Waals surface area contributed by atoms with Crippen LogP contribution in [-0.2, 0) is 11.3 Å². The quantitative estimate of drug-likeness (QED) is 0.582. The van der Waals surface area contributed by atoms with E-state index in [1.807, 2.05) is 38.1 Å². The third-order valence-corrected chi connectivity index (χ3v) is 5.67. The SMILES string of the molecule is CC(C)[C@H](Nc1nc(CN2CCN(C(=O)c3ccco3)CC2)nc2ccccc12)C(N)=O. The first-order chi connectivity index (χ1) is 15.4. The molecule has 1 aliphatic heterocycles. The van der Waals surface area contributed by atoms with Gasteiger partial charge in [-0.05, 0) is 30.2 Å². The molecular formula is C23H28N6O3. The average Bonchev–Trinajstić information content (AvgIpc) is 3.32. The number of nitrogens with two attached hydrogens (primary N) is 1. The Hall–Kier alpha value is -3.46. The second kappa shape index (κ2) is 9.35. The van der Waals surface area contributed by atoms with Gasteiger partial charge in [-0.1, -0.05) is 26.0 Å². The molecular weight excluding hydrogens is 408 g/mol. The number of anilines is 1. The monoisotopic (exact) mass is 436 g/mol. The first-order valence-corrected chi connectivity index (χ1v) is 10.8. The molecule has 2 amide bonds. The predicted molar refractivity (Wildman–Crippen MR) is 121 cm³/mol. The van der Waals surface area contributed by atoms with E-state index < -0.39 is 11.9 Å². The molecule has 0 saturated carbocycles. The molecule has 1 fully saturated rings. The van der Waals surface area contributed by atoms with Crippen molar-refractivity contribution in [2.75, 3.05) is 31.5 Å². The van der Waals surface area contributed by atoms with E-state index in [0.29, 0.717) is 50.1 Å². The number of benzene rings is 1. The van der Waals surface area contributed by atoms with Gasteiger partial charge in [0, 0.05) is 31.6 Å². The van der Waals surface area contributed by atoms with Crippen molar-refractivity contribution in [1.29, 1.82) is 0 Å². The molecule has 3 heterocycles. The van der Waals surface area contributed by atoms with Crippen molar-refractivity contribution in [1.82, 2.24) is 19.8 Å². The van der Waals surface area contributed by atoms with Crippen molar-refractivity contribution >= 4 is 28.5 Å². The van der Waals surface area contributed by atoms with Gasteiger partial charge in [0.2, 0.25) is 5.91 Å². The highest BCUT2D eigenvalue weighted by molar-refractivity contribution is 5.92. The van der Waals surface area contributed by atoms with E-state index >= 15 is 0 Å². The standard InChI is InChI=1S/C23H28N6O3/c1-15(2)20(21(24)30)27-22-16-6-3-4-7-17(16)25-19(26-22)14-28-9-11-29(12-10-28)23(31)18-8-5-13-32-18/h3-8,13,15,20H,9-12,14H2,1-2H3,(H2,24,30)(H,25,26,27)/t20-/m0/s1. The average molecular weight is 437 g/mol. The highest BCUT2D eigenvalue weighted by Gasteiger charge is 2.25. The number of primary amides is 1. The van der Waals surface area contributed by atoms with E-state index in [-0.39, 0.29) is 11.8 Å². The van der Waals surface area contributed by atoms with Crippen molar-refractivity contribution in [2.24, 2.45) is 11.7 Å². The fourth-order valence-electron chi connectivity index (χ4n) is 3.88. The third kappa shape index (κ3) is 4.72. The van der Waals surface area contributed by atoms with Crippen molar-refractivity contribution < 1.29 is 14.0 Å². The number of nitrogens with zero attached hydrogens (tertiary/aromatic N) is 4. The number of furan rings is 1. The minimum atomic E-state index is -0.530. The minimum Gasteiger partial charge on any atom is -0.459 e. The molecule has 2 aromatic heterocycles. The summed E-state index contributed by atoms with van der Waals surface area (Å²) in [6.45, 7) is 7.06. The Kier molecular flexibility index (Phi) is 6.36. The molecule has 1 atom stereocenters. The van der Waals surface area contributed by atoms with Gasteiger partial charge in [0.25, 0.3) is 5.91 Å². The summed E-state index contributed by atoms with van der Waals surface area (Å²) in [5, 5.41) is 4.07. The molecule has 9 heteroatoms. The second-order valence-electron chi connectivity index (χ2n) is 8.32. The van der Waals surface area contributed by atoms with Crippen LogP contribution in [0.4, 0.5) is 5.82 Å². The van der Waals surface area contributed by atoms with E-state index in [1.165, 1.54) is 6.26 Å². The summed E-state index contributed by atoms with van der Waals surface area (Å²) in [5.74, 6) is 1.14. The molecule has 168 valence electrons. The summed E-state index contributed by atoms with van der Waals surface area (Å²) >= 11 is 0. The zero-order chi connectivity index (χ0) is 22.7. The molecule has 0 radical (unpaired) electrons. The molecule has 0 unspecified atom stereocenters. The molecule has 9 nitrogen and oxygen atoms in total. The first kappa shape index (κ1) is 21.8. The molecule has 3 N–H and O–H groups in total. The van der Waals surface area contributed by atoms with Crippen LogP contribution in [0.2, 0.25) is 0 Å². The number of carbonyl (C=O) groups is 2. The van der Waals surface area contributed by atoms with Gasteiger partial charge in [0.05, 0.1) is 18.3 Å². The van der Waals surface area contributed by atoms with Gasteiger partial charge in [0.1, 0.15) is 17.7 Å². The molecule has 4 rings (SSSR count). The van der Waals surface area contributed by atoms with Crippen LogP contribution in [0.5, 0.6) is 0 Å². The maximum Gasteiger partial charge on any atom is 0.289 e. The zero-order valence-electron chi connectivity index (χ0n) is 18.3. The van der Waals surface area contributed by atoms with Gasteiger partial charge in [-0.25, -0.2) is 9.97 Å². The summed E-state index contributed by atoms with van der Waals surface area (Å²) in [4.78, 5) is 37.9. The van der Waals surface area contributed by atoms with Crippen LogP contribution >= 0.6 is 0 Å². The zero-order valence-corrected chi connectivity index (χ0v) is 18.3. The molecule has 0 spiro atoms. The topological polar surface area (TPSA) is 118 Å². The number of amides is 2. The number of piperazine rings is 1. The van der Waals surface area contributed by atoms with E-state index in [0.717, 1.165) is 10.9 Å². The molecule has 0 aliphatic carbocycles. The van der Waals surface area contributed by atoms with E-state index in [4.69, 9.17) is 20.1 Å². The van der Waals surface area contributed by atoms with Gasteiger partial charge in [-0.15, -0.1) is 0 Å². The van der Waals surface area contributed by atoms with Gasteiger partial charge in [0.15, 0.2) is 5.76 Å². The van der Waals surface area contributed by atoms with Crippen molar-refractivity contribution in [3.8, 4) is 0 Å². The highest BCUT2D eigenvalue weighted by atomic mass is 16.3. The van der Waals surface area contributed by atoms with Crippen molar-refractivity contribution in [3.63, 3.8) is 0 Å².